The molecule has 3 rings (SSSR count). The molecule has 0 saturated carbocycles. The summed E-state index contributed by atoms with van der Waals surface area (Å²) in [6.07, 6.45) is 0. The third-order valence-electron chi connectivity index (χ3n) is 4.11. The fourth-order valence-electron chi connectivity index (χ4n) is 2.75. The zero-order valence-electron chi connectivity index (χ0n) is 16.4. The maximum atomic E-state index is 13.2. The maximum absolute atomic E-state index is 13.2. The average molecular weight is 417 g/mol. The first kappa shape index (κ1) is 20.8. The maximum Gasteiger partial charge on any atom is 0.335 e. The Bertz CT molecular complexity index is 1080. The van der Waals surface area contributed by atoms with Gasteiger partial charge in [0.05, 0.1) is 21.2 Å². The Morgan fingerprint density at radius 2 is 1.68 bits per heavy atom. The number of carboxylic acid groups (broad SMARTS) is 1. The van der Waals surface area contributed by atoms with Crippen molar-refractivity contribution >= 4 is 51.4 Å². The van der Waals surface area contributed by atoms with Crippen molar-refractivity contribution in [3.05, 3.63) is 46.1 Å². The second-order valence-electron chi connectivity index (χ2n) is 7.66. The first-order chi connectivity index (χ1) is 13.3. The second kappa shape index (κ2) is 8.62. The number of carbonyl (C=O) groups is 1. The van der Waals surface area contributed by atoms with Gasteiger partial charge in [-0.25, -0.2) is 4.79 Å². The van der Waals surface area contributed by atoms with Gasteiger partial charge < -0.3 is 9.52 Å². The average Bonchev–Trinajstić information content (AvgIpc) is 2.64. The molecule has 0 saturated heterocycles. The summed E-state index contributed by atoms with van der Waals surface area (Å²) in [5.41, 5.74) is 0.897. The zero-order chi connectivity index (χ0) is 20.4. The van der Waals surface area contributed by atoms with Gasteiger partial charge in [-0.15, -0.1) is 23.5 Å². The molecule has 4 nitrogen and oxygen atoms in total. The second-order valence-corrected chi connectivity index (χ2v) is 9.81. The minimum atomic E-state index is -1.06. The Balaban J connectivity index is 2.23. The van der Waals surface area contributed by atoms with Crippen LogP contribution in [-0.4, -0.2) is 22.6 Å². The normalized spacial score (nSPS) is 11.8. The smallest absolute Gasteiger partial charge is 0.335 e. The van der Waals surface area contributed by atoms with Gasteiger partial charge in [-0.1, -0.05) is 27.7 Å². The predicted molar refractivity (Wildman–Crippen MR) is 118 cm³/mol. The van der Waals surface area contributed by atoms with E-state index in [1.807, 2.05) is 6.07 Å². The van der Waals surface area contributed by atoms with Gasteiger partial charge in [0.2, 0.25) is 5.43 Å². The number of fused-ring (bicyclic) bond motifs is 2. The standard InChI is InChI=1S/C22H24O4S2/c1-12(2)10-27-15-8-17-20(23)16-7-14(22(24)25)5-6-18(16)26-21(17)19(9-15)28-11-13(3)4/h5-9,12-13H,10-11H2,1-4H3,(H,24,25). The number of thioether (sulfide) groups is 2. The third-order valence-corrected chi connectivity index (χ3v) is 6.96. The van der Waals surface area contributed by atoms with Crippen molar-refractivity contribution in [3.63, 3.8) is 0 Å². The molecule has 3 aromatic rings. The van der Waals surface area contributed by atoms with E-state index < -0.39 is 5.97 Å². The Labute approximate surface area is 172 Å². The summed E-state index contributed by atoms with van der Waals surface area (Å²) in [5, 5.41) is 10.1. The van der Waals surface area contributed by atoms with Crippen molar-refractivity contribution in [1.82, 2.24) is 0 Å². The molecule has 6 heteroatoms. The van der Waals surface area contributed by atoms with Crippen LogP contribution in [0.3, 0.4) is 0 Å². The number of hydrogen-bond donors (Lipinski definition) is 1. The highest BCUT2D eigenvalue weighted by Crippen LogP contribution is 2.35. The summed E-state index contributed by atoms with van der Waals surface area (Å²) in [6, 6.07) is 8.41. The number of rotatable bonds is 7. The van der Waals surface area contributed by atoms with Gasteiger partial charge in [-0.05, 0) is 42.2 Å². The van der Waals surface area contributed by atoms with Gasteiger partial charge in [0, 0.05) is 16.4 Å². The van der Waals surface area contributed by atoms with Crippen LogP contribution in [0, 0.1) is 11.8 Å². The first-order valence-electron chi connectivity index (χ1n) is 9.29. The predicted octanol–water partition coefficient (Wildman–Crippen LogP) is 6.14. The van der Waals surface area contributed by atoms with Gasteiger partial charge in [0.25, 0.3) is 0 Å². The van der Waals surface area contributed by atoms with Gasteiger partial charge >= 0.3 is 5.97 Å². The summed E-state index contributed by atoms with van der Waals surface area (Å²) in [7, 11) is 0. The van der Waals surface area contributed by atoms with Gasteiger partial charge in [-0.2, -0.15) is 0 Å². The van der Waals surface area contributed by atoms with Crippen molar-refractivity contribution in [1.29, 1.82) is 0 Å². The van der Waals surface area contributed by atoms with Crippen molar-refractivity contribution in [2.75, 3.05) is 11.5 Å². The minimum absolute atomic E-state index is 0.0823. The summed E-state index contributed by atoms with van der Waals surface area (Å²) < 4.78 is 6.08. The van der Waals surface area contributed by atoms with Gasteiger partial charge in [0.1, 0.15) is 5.58 Å². The molecule has 1 N–H and O–H groups in total. The van der Waals surface area contributed by atoms with E-state index in [1.165, 1.54) is 12.1 Å². The lowest BCUT2D eigenvalue weighted by atomic mass is 10.1. The highest BCUT2D eigenvalue weighted by Gasteiger charge is 2.16. The molecule has 1 aromatic heterocycles. The fourth-order valence-corrected chi connectivity index (χ4v) is 4.75. The van der Waals surface area contributed by atoms with E-state index in [9.17, 15) is 14.7 Å². The Hall–Kier alpha value is -1.92. The lowest BCUT2D eigenvalue weighted by molar-refractivity contribution is 0.0697. The van der Waals surface area contributed by atoms with Crippen molar-refractivity contribution in [2.45, 2.75) is 37.5 Å². The molecule has 148 valence electrons. The highest BCUT2D eigenvalue weighted by molar-refractivity contribution is 8.00. The quantitative estimate of drug-likeness (QED) is 0.368. The number of aromatic carboxylic acids is 1. The molecule has 2 aromatic carbocycles. The molecule has 1 heterocycles. The van der Waals surface area contributed by atoms with E-state index in [-0.39, 0.29) is 11.0 Å². The molecule has 28 heavy (non-hydrogen) atoms. The molecule has 0 spiro atoms. The van der Waals surface area contributed by atoms with Crippen LogP contribution < -0.4 is 5.43 Å². The van der Waals surface area contributed by atoms with Gasteiger partial charge in [-0.3, -0.25) is 4.79 Å². The molecule has 0 bridgehead atoms. The minimum Gasteiger partial charge on any atom is -0.478 e. The largest absolute Gasteiger partial charge is 0.478 e. The van der Waals surface area contributed by atoms with Crippen molar-refractivity contribution in [2.24, 2.45) is 11.8 Å². The molecule has 0 aliphatic heterocycles. The van der Waals surface area contributed by atoms with E-state index in [1.54, 1.807) is 29.6 Å². The summed E-state index contributed by atoms with van der Waals surface area (Å²) >= 11 is 3.42. The highest BCUT2D eigenvalue weighted by atomic mass is 32.2. The Morgan fingerprint density at radius 3 is 2.32 bits per heavy atom. The van der Waals surface area contributed by atoms with Crippen LogP contribution in [0.1, 0.15) is 38.1 Å². The van der Waals surface area contributed by atoms with Crippen LogP contribution in [0.4, 0.5) is 0 Å². The fraction of sp³-hybridized carbons (Fsp3) is 0.364. The van der Waals surface area contributed by atoms with Crippen LogP contribution >= 0.6 is 23.5 Å². The number of hydrogen-bond acceptors (Lipinski definition) is 5. The van der Waals surface area contributed by atoms with Crippen LogP contribution in [0.5, 0.6) is 0 Å². The molecule has 0 aliphatic carbocycles. The molecular formula is C22H24O4S2. The molecule has 0 atom stereocenters. The topological polar surface area (TPSA) is 67.5 Å². The van der Waals surface area contributed by atoms with Crippen molar-refractivity contribution < 1.29 is 14.3 Å². The Kier molecular flexibility index (Phi) is 6.40. The van der Waals surface area contributed by atoms with Crippen LogP contribution in [0.2, 0.25) is 0 Å². The van der Waals surface area contributed by atoms with E-state index in [2.05, 4.69) is 33.8 Å². The lowest BCUT2D eigenvalue weighted by Gasteiger charge is -2.12. The third kappa shape index (κ3) is 4.55. The summed E-state index contributed by atoms with van der Waals surface area (Å²) in [4.78, 5) is 26.5. The summed E-state index contributed by atoms with van der Waals surface area (Å²) in [5.74, 6) is 1.88. The molecule has 0 amide bonds. The van der Waals surface area contributed by atoms with E-state index in [4.69, 9.17) is 4.42 Å². The van der Waals surface area contributed by atoms with Crippen molar-refractivity contribution in [3.8, 4) is 0 Å². The number of carboxylic acids is 1. The monoisotopic (exact) mass is 416 g/mol. The van der Waals surface area contributed by atoms with E-state index in [0.717, 1.165) is 21.3 Å². The number of benzene rings is 2. The van der Waals surface area contributed by atoms with Crippen LogP contribution in [0.25, 0.3) is 21.9 Å². The molecule has 0 fully saturated rings. The molecule has 0 aliphatic rings. The molecule has 0 unspecified atom stereocenters. The lowest BCUT2D eigenvalue weighted by Crippen LogP contribution is -2.05. The SMILES string of the molecule is CC(C)CSc1cc(SCC(C)C)c2oc3ccc(C(=O)O)cc3c(=O)c2c1. The zero-order valence-corrected chi connectivity index (χ0v) is 18.1. The van der Waals surface area contributed by atoms with E-state index in [0.29, 0.717) is 33.8 Å². The summed E-state index contributed by atoms with van der Waals surface area (Å²) in [6.45, 7) is 8.65. The first-order valence-corrected chi connectivity index (χ1v) is 11.3. The van der Waals surface area contributed by atoms with Crippen LogP contribution in [0.15, 0.2) is 49.3 Å². The molecular weight excluding hydrogens is 392 g/mol. The molecule has 0 radical (unpaired) electrons. The van der Waals surface area contributed by atoms with Crippen LogP contribution in [-0.2, 0) is 0 Å². The van der Waals surface area contributed by atoms with E-state index >= 15 is 0 Å². The van der Waals surface area contributed by atoms with Gasteiger partial charge in [0.15, 0.2) is 5.58 Å². The Morgan fingerprint density at radius 1 is 1.00 bits per heavy atom.